The van der Waals surface area contributed by atoms with Crippen LogP contribution in [-0.4, -0.2) is 29.7 Å². The summed E-state index contributed by atoms with van der Waals surface area (Å²) >= 11 is 0. The van der Waals surface area contributed by atoms with Crippen molar-refractivity contribution < 1.29 is 9.59 Å². The summed E-state index contributed by atoms with van der Waals surface area (Å²) in [5.41, 5.74) is 0.249. The number of piperidine rings is 1. The first-order valence-electron chi connectivity index (χ1n) is 9.17. The van der Waals surface area contributed by atoms with Crippen molar-refractivity contribution >= 4 is 11.7 Å². The van der Waals surface area contributed by atoms with E-state index >= 15 is 0 Å². The maximum atomic E-state index is 12.4. The van der Waals surface area contributed by atoms with Crippen LogP contribution in [0.3, 0.4) is 0 Å². The molecule has 1 heterocycles. The zero-order valence-electron chi connectivity index (χ0n) is 14.2. The van der Waals surface area contributed by atoms with Gasteiger partial charge in [0.1, 0.15) is 5.78 Å². The summed E-state index contributed by atoms with van der Waals surface area (Å²) in [6.07, 6.45) is 8.33. The van der Waals surface area contributed by atoms with Gasteiger partial charge in [-0.25, -0.2) is 0 Å². The lowest BCUT2D eigenvalue weighted by atomic mass is 9.47. The standard InChI is InChI=1S/C19H29NO2/c1-18-11-9-17(22)20(3)15(18)6-4-12-13-5-7-16(21)19(13,2)10-8-14(12)18/h12-15H,4-11H2,1-3H3/t12-,13-,14+,15?,18+,19-/m0/s1. The Morgan fingerprint density at radius 2 is 1.73 bits per heavy atom. The SMILES string of the molecule is CN1C(=O)CC[C@@]2(C)C1CC[C@@H]1[C@H]2CC[C@]2(C)C(=O)CC[C@@H]12. The first-order valence-corrected chi connectivity index (χ1v) is 9.17. The number of rotatable bonds is 0. The molecule has 3 nitrogen and oxygen atoms in total. The molecule has 0 bridgehead atoms. The first-order chi connectivity index (χ1) is 10.4. The average molecular weight is 303 g/mol. The maximum Gasteiger partial charge on any atom is 0.222 e. The normalized spacial score (nSPS) is 51.3. The fourth-order valence-electron chi connectivity index (χ4n) is 6.92. The van der Waals surface area contributed by atoms with Gasteiger partial charge in [-0.15, -0.1) is 0 Å². The number of amides is 1. The first kappa shape index (κ1) is 14.7. The number of nitrogens with zero attached hydrogens (tertiary/aromatic N) is 1. The van der Waals surface area contributed by atoms with Crippen LogP contribution < -0.4 is 0 Å². The average Bonchev–Trinajstić information content (AvgIpc) is 2.79. The van der Waals surface area contributed by atoms with E-state index in [1.165, 1.54) is 12.8 Å². The summed E-state index contributed by atoms with van der Waals surface area (Å²) in [6.45, 7) is 4.69. The van der Waals surface area contributed by atoms with Gasteiger partial charge in [-0.2, -0.15) is 0 Å². The summed E-state index contributed by atoms with van der Waals surface area (Å²) in [6, 6.07) is 0.427. The summed E-state index contributed by atoms with van der Waals surface area (Å²) in [5, 5.41) is 0. The minimum Gasteiger partial charge on any atom is -0.342 e. The molecule has 22 heavy (non-hydrogen) atoms. The summed E-state index contributed by atoms with van der Waals surface area (Å²) in [7, 11) is 2.01. The smallest absolute Gasteiger partial charge is 0.222 e. The molecule has 3 heteroatoms. The Hall–Kier alpha value is -0.860. The lowest BCUT2D eigenvalue weighted by Gasteiger charge is -2.61. The second-order valence-corrected chi connectivity index (χ2v) is 8.90. The largest absolute Gasteiger partial charge is 0.342 e. The van der Waals surface area contributed by atoms with Gasteiger partial charge >= 0.3 is 0 Å². The molecule has 0 aromatic heterocycles. The molecule has 122 valence electrons. The van der Waals surface area contributed by atoms with Gasteiger partial charge < -0.3 is 4.90 Å². The molecule has 1 amide bonds. The van der Waals surface area contributed by atoms with Gasteiger partial charge in [0.15, 0.2) is 0 Å². The molecule has 1 aliphatic heterocycles. The lowest BCUT2D eigenvalue weighted by Crippen LogP contribution is -2.61. The van der Waals surface area contributed by atoms with Crippen LogP contribution >= 0.6 is 0 Å². The molecule has 1 unspecified atom stereocenters. The minimum atomic E-state index is -0.0270. The van der Waals surface area contributed by atoms with Gasteiger partial charge in [0, 0.05) is 31.3 Å². The monoisotopic (exact) mass is 303 g/mol. The fourth-order valence-corrected chi connectivity index (χ4v) is 6.92. The van der Waals surface area contributed by atoms with Crippen LogP contribution in [0.1, 0.15) is 65.2 Å². The second-order valence-electron chi connectivity index (χ2n) is 8.90. The van der Waals surface area contributed by atoms with E-state index in [0.717, 1.165) is 32.1 Å². The molecule has 0 aromatic rings. The van der Waals surface area contributed by atoms with E-state index in [-0.39, 0.29) is 10.8 Å². The number of carbonyl (C=O) groups excluding carboxylic acids is 2. The number of fused-ring (bicyclic) bond motifs is 5. The Kier molecular flexibility index (Phi) is 3.06. The van der Waals surface area contributed by atoms with E-state index in [1.807, 2.05) is 11.9 Å². The highest BCUT2D eigenvalue weighted by atomic mass is 16.2. The Morgan fingerprint density at radius 3 is 2.50 bits per heavy atom. The quantitative estimate of drug-likeness (QED) is 0.687. The fraction of sp³-hybridized carbons (Fsp3) is 0.895. The minimum absolute atomic E-state index is 0.0270. The molecule has 0 N–H and O–H groups in total. The van der Waals surface area contributed by atoms with Crippen molar-refractivity contribution in [3.05, 3.63) is 0 Å². The molecule has 3 aliphatic carbocycles. The Bertz CT molecular complexity index is 530. The van der Waals surface area contributed by atoms with E-state index < -0.39 is 0 Å². The zero-order chi connectivity index (χ0) is 15.7. The number of Topliss-reactive ketones (excluding diaryl/α,β-unsaturated/α-hetero) is 1. The molecule has 0 radical (unpaired) electrons. The molecular weight excluding hydrogens is 274 g/mol. The van der Waals surface area contributed by atoms with Crippen LogP contribution in [0, 0.1) is 28.6 Å². The van der Waals surface area contributed by atoms with Crippen molar-refractivity contribution in [3.63, 3.8) is 0 Å². The van der Waals surface area contributed by atoms with Crippen LogP contribution in [-0.2, 0) is 9.59 Å². The second kappa shape index (κ2) is 4.58. The highest BCUT2D eigenvalue weighted by Gasteiger charge is 2.61. The van der Waals surface area contributed by atoms with E-state index in [9.17, 15) is 9.59 Å². The van der Waals surface area contributed by atoms with Crippen LogP contribution in [0.4, 0.5) is 0 Å². The van der Waals surface area contributed by atoms with Crippen molar-refractivity contribution in [1.29, 1.82) is 0 Å². The maximum absolute atomic E-state index is 12.4. The molecule has 4 fully saturated rings. The topological polar surface area (TPSA) is 37.4 Å². The molecular formula is C19H29NO2. The van der Waals surface area contributed by atoms with Gasteiger partial charge in [-0.1, -0.05) is 13.8 Å². The van der Waals surface area contributed by atoms with Gasteiger partial charge in [0.25, 0.3) is 0 Å². The number of carbonyl (C=O) groups is 2. The van der Waals surface area contributed by atoms with Crippen LogP contribution in [0.25, 0.3) is 0 Å². The summed E-state index contributed by atoms with van der Waals surface area (Å²) < 4.78 is 0. The van der Waals surface area contributed by atoms with E-state index in [0.29, 0.717) is 41.9 Å². The van der Waals surface area contributed by atoms with Crippen LogP contribution in [0.2, 0.25) is 0 Å². The third kappa shape index (κ3) is 1.68. The van der Waals surface area contributed by atoms with Crippen LogP contribution in [0.5, 0.6) is 0 Å². The van der Waals surface area contributed by atoms with Crippen molar-refractivity contribution in [2.24, 2.45) is 28.6 Å². The zero-order valence-corrected chi connectivity index (χ0v) is 14.2. The predicted octanol–water partition coefficient (Wildman–Crippen LogP) is 3.42. The third-order valence-electron chi connectivity index (χ3n) is 8.27. The van der Waals surface area contributed by atoms with Crippen LogP contribution in [0.15, 0.2) is 0 Å². The molecule has 3 saturated carbocycles. The number of hydrogen-bond donors (Lipinski definition) is 0. The molecule has 6 atom stereocenters. The molecule has 4 aliphatic rings. The molecule has 4 rings (SSSR count). The molecule has 1 saturated heterocycles. The third-order valence-corrected chi connectivity index (χ3v) is 8.27. The summed E-state index contributed by atoms with van der Waals surface area (Å²) in [4.78, 5) is 26.6. The van der Waals surface area contributed by atoms with Crippen molar-refractivity contribution in [1.82, 2.24) is 4.90 Å². The highest BCUT2D eigenvalue weighted by Crippen LogP contribution is 2.63. The van der Waals surface area contributed by atoms with Gasteiger partial charge in [-0.3, -0.25) is 9.59 Å². The number of likely N-dealkylation sites (tertiary alicyclic amines) is 1. The Labute approximate surface area is 133 Å². The molecule has 0 spiro atoms. The number of ketones is 1. The number of hydrogen-bond acceptors (Lipinski definition) is 2. The lowest BCUT2D eigenvalue weighted by molar-refractivity contribution is -0.158. The van der Waals surface area contributed by atoms with Crippen molar-refractivity contribution in [2.75, 3.05) is 7.05 Å². The van der Waals surface area contributed by atoms with Gasteiger partial charge in [-0.05, 0) is 61.7 Å². The van der Waals surface area contributed by atoms with Crippen molar-refractivity contribution in [2.45, 2.75) is 71.3 Å². The van der Waals surface area contributed by atoms with E-state index in [1.54, 1.807) is 0 Å². The predicted molar refractivity (Wildman–Crippen MR) is 85.2 cm³/mol. The summed E-state index contributed by atoms with van der Waals surface area (Å²) in [5.74, 6) is 2.90. The van der Waals surface area contributed by atoms with Gasteiger partial charge in [0.2, 0.25) is 5.91 Å². The van der Waals surface area contributed by atoms with Gasteiger partial charge in [0.05, 0.1) is 0 Å². The molecule has 0 aromatic carbocycles. The highest BCUT2D eigenvalue weighted by molar-refractivity contribution is 5.87. The van der Waals surface area contributed by atoms with E-state index in [4.69, 9.17) is 0 Å². The van der Waals surface area contributed by atoms with Crippen molar-refractivity contribution in [3.8, 4) is 0 Å². The Balaban J connectivity index is 1.67. The Morgan fingerprint density at radius 1 is 0.955 bits per heavy atom. The van der Waals surface area contributed by atoms with E-state index in [2.05, 4.69) is 13.8 Å².